The molecule has 1 aliphatic heterocycles. The van der Waals surface area contributed by atoms with E-state index in [0.717, 1.165) is 43.8 Å². The minimum Gasteiger partial charge on any atom is -0.427 e. The van der Waals surface area contributed by atoms with Gasteiger partial charge in [0.1, 0.15) is 0 Å². The highest BCUT2D eigenvalue weighted by Crippen LogP contribution is 2.27. The summed E-state index contributed by atoms with van der Waals surface area (Å²) in [5.74, 6) is 0.514. The minimum atomic E-state index is -1.19. The van der Waals surface area contributed by atoms with Gasteiger partial charge in [-0.3, -0.25) is 0 Å². The topological polar surface area (TPSA) is 69.7 Å². The van der Waals surface area contributed by atoms with E-state index in [0.29, 0.717) is 12.2 Å². The Bertz CT molecular complexity index is 430. The molecule has 2 atom stereocenters. The predicted molar refractivity (Wildman–Crippen MR) is 88.6 cm³/mol. The molecule has 1 heterocycles. The second-order valence-corrected chi connectivity index (χ2v) is 6.34. The molecule has 0 amide bonds. The Morgan fingerprint density at radius 3 is 2.67 bits per heavy atom. The lowest BCUT2D eigenvalue weighted by Crippen LogP contribution is -2.32. The fourth-order valence-electron chi connectivity index (χ4n) is 2.97. The first-order valence-electron chi connectivity index (χ1n) is 7.68. The van der Waals surface area contributed by atoms with Crippen LogP contribution in [0.15, 0.2) is 24.3 Å². The summed E-state index contributed by atoms with van der Waals surface area (Å²) in [4.78, 5) is 2.36. The molecule has 0 bridgehead atoms. The van der Waals surface area contributed by atoms with Gasteiger partial charge in [-0.15, -0.1) is 0 Å². The van der Waals surface area contributed by atoms with Crippen LogP contribution in [0.4, 0.5) is 5.69 Å². The maximum Gasteiger partial charge on any atom is 0.451 e. The number of unbranched alkanes of at least 4 members (excludes halogenated alkanes) is 1. The van der Waals surface area contributed by atoms with Crippen LogP contribution in [0.3, 0.4) is 0 Å². The SMILES string of the molecule is NC(CCCCB(O)O)C1CCN(c2ccc(Cl)cc2)C1. The van der Waals surface area contributed by atoms with Gasteiger partial charge in [-0.25, -0.2) is 0 Å². The molecule has 1 saturated heterocycles. The van der Waals surface area contributed by atoms with E-state index in [1.165, 1.54) is 5.69 Å². The molecule has 0 spiro atoms. The van der Waals surface area contributed by atoms with Crippen LogP contribution < -0.4 is 10.6 Å². The van der Waals surface area contributed by atoms with Gasteiger partial charge in [0.25, 0.3) is 0 Å². The van der Waals surface area contributed by atoms with E-state index in [4.69, 9.17) is 27.4 Å². The Hall–Kier alpha value is -0.745. The standard InChI is InChI=1S/C15H24BClN2O2/c17-13-4-6-14(7-5-13)19-10-8-12(11-19)15(18)3-1-2-9-16(20)21/h4-7,12,15,20-21H,1-3,8-11,18H2. The van der Waals surface area contributed by atoms with Gasteiger partial charge in [0.05, 0.1) is 0 Å². The first-order chi connectivity index (χ1) is 10.1. The highest BCUT2D eigenvalue weighted by Gasteiger charge is 2.27. The van der Waals surface area contributed by atoms with Gasteiger partial charge in [-0.1, -0.05) is 24.4 Å². The van der Waals surface area contributed by atoms with E-state index < -0.39 is 7.12 Å². The summed E-state index contributed by atoms with van der Waals surface area (Å²) in [6.07, 6.45) is 4.28. The molecule has 4 N–H and O–H groups in total. The molecule has 0 aliphatic carbocycles. The fraction of sp³-hybridized carbons (Fsp3) is 0.600. The Morgan fingerprint density at radius 2 is 2.00 bits per heavy atom. The number of nitrogens with two attached hydrogens (primary N) is 1. The van der Waals surface area contributed by atoms with Gasteiger partial charge in [-0.05, 0) is 49.3 Å². The zero-order valence-electron chi connectivity index (χ0n) is 12.3. The van der Waals surface area contributed by atoms with Crippen molar-refractivity contribution in [1.29, 1.82) is 0 Å². The van der Waals surface area contributed by atoms with Crippen LogP contribution in [0.1, 0.15) is 25.7 Å². The van der Waals surface area contributed by atoms with Gasteiger partial charge in [0.2, 0.25) is 0 Å². The first-order valence-corrected chi connectivity index (χ1v) is 8.06. The summed E-state index contributed by atoms with van der Waals surface area (Å²) in [5.41, 5.74) is 7.49. The van der Waals surface area contributed by atoms with Crippen molar-refractivity contribution in [2.24, 2.45) is 11.7 Å². The number of benzene rings is 1. The molecule has 1 aromatic rings. The third-order valence-corrected chi connectivity index (χ3v) is 4.52. The van der Waals surface area contributed by atoms with Crippen LogP contribution >= 0.6 is 11.6 Å². The van der Waals surface area contributed by atoms with Gasteiger partial charge in [0.15, 0.2) is 0 Å². The Labute approximate surface area is 132 Å². The van der Waals surface area contributed by atoms with E-state index in [1.807, 2.05) is 12.1 Å². The van der Waals surface area contributed by atoms with Crippen LogP contribution in [0.25, 0.3) is 0 Å². The summed E-state index contributed by atoms with van der Waals surface area (Å²) >= 11 is 5.92. The van der Waals surface area contributed by atoms with E-state index >= 15 is 0 Å². The average Bonchev–Trinajstić information content (AvgIpc) is 2.94. The van der Waals surface area contributed by atoms with Crippen molar-refractivity contribution < 1.29 is 10.0 Å². The second-order valence-electron chi connectivity index (χ2n) is 5.90. The van der Waals surface area contributed by atoms with Gasteiger partial charge in [0, 0.05) is 29.8 Å². The van der Waals surface area contributed by atoms with Crippen molar-refractivity contribution in [2.45, 2.75) is 38.0 Å². The van der Waals surface area contributed by atoms with E-state index in [2.05, 4.69) is 17.0 Å². The molecule has 1 aromatic carbocycles. The average molecular weight is 311 g/mol. The van der Waals surface area contributed by atoms with E-state index in [1.54, 1.807) is 0 Å². The maximum atomic E-state index is 8.82. The van der Waals surface area contributed by atoms with Crippen molar-refractivity contribution in [3.63, 3.8) is 0 Å². The van der Waals surface area contributed by atoms with Crippen LogP contribution in [-0.4, -0.2) is 36.3 Å². The van der Waals surface area contributed by atoms with Crippen LogP contribution in [-0.2, 0) is 0 Å². The molecule has 1 fully saturated rings. The zero-order chi connectivity index (χ0) is 15.2. The minimum absolute atomic E-state index is 0.193. The number of hydrogen-bond donors (Lipinski definition) is 3. The molecule has 116 valence electrons. The molecule has 2 unspecified atom stereocenters. The van der Waals surface area contributed by atoms with Crippen molar-refractivity contribution in [3.8, 4) is 0 Å². The quantitative estimate of drug-likeness (QED) is 0.533. The van der Waals surface area contributed by atoms with Crippen molar-refractivity contribution in [1.82, 2.24) is 0 Å². The van der Waals surface area contributed by atoms with Crippen molar-refractivity contribution >= 4 is 24.4 Å². The summed E-state index contributed by atoms with van der Waals surface area (Å²) in [6.45, 7) is 2.03. The summed E-state index contributed by atoms with van der Waals surface area (Å²) in [5, 5.41) is 18.4. The van der Waals surface area contributed by atoms with Crippen molar-refractivity contribution in [3.05, 3.63) is 29.3 Å². The molecule has 6 heteroatoms. The molecule has 21 heavy (non-hydrogen) atoms. The summed E-state index contributed by atoms with van der Waals surface area (Å²) < 4.78 is 0. The Morgan fingerprint density at radius 1 is 1.29 bits per heavy atom. The zero-order valence-corrected chi connectivity index (χ0v) is 13.0. The normalized spacial score (nSPS) is 19.8. The molecular weight excluding hydrogens is 286 g/mol. The third kappa shape index (κ3) is 5.18. The first kappa shape index (κ1) is 16.6. The molecule has 0 saturated carbocycles. The molecule has 1 aliphatic rings. The molecular formula is C15H24BClN2O2. The lowest BCUT2D eigenvalue weighted by Gasteiger charge is -2.22. The van der Waals surface area contributed by atoms with Crippen LogP contribution in [0, 0.1) is 5.92 Å². The third-order valence-electron chi connectivity index (χ3n) is 4.27. The molecule has 2 rings (SSSR count). The fourth-order valence-corrected chi connectivity index (χ4v) is 3.09. The summed E-state index contributed by atoms with van der Waals surface area (Å²) in [7, 11) is -1.19. The van der Waals surface area contributed by atoms with Gasteiger partial charge < -0.3 is 20.7 Å². The lowest BCUT2D eigenvalue weighted by atomic mass is 9.82. The largest absolute Gasteiger partial charge is 0.451 e. The smallest absolute Gasteiger partial charge is 0.427 e. The van der Waals surface area contributed by atoms with Crippen molar-refractivity contribution in [2.75, 3.05) is 18.0 Å². The number of rotatable bonds is 7. The number of hydrogen-bond acceptors (Lipinski definition) is 4. The van der Waals surface area contributed by atoms with Gasteiger partial charge >= 0.3 is 7.12 Å². The second kappa shape index (κ2) is 8.04. The van der Waals surface area contributed by atoms with E-state index in [-0.39, 0.29) is 6.04 Å². The maximum absolute atomic E-state index is 8.82. The molecule has 0 aromatic heterocycles. The lowest BCUT2D eigenvalue weighted by molar-refractivity contribution is 0.393. The monoisotopic (exact) mass is 310 g/mol. The van der Waals surface area contributed by atoms with E-state index in [9.17, 15) is 0 Å². The molecule has 4 nitrogen and oxygen atoms in total. The highest BCUT2D eigenvalue weighted by atomic mass is 35.5. The highest BCUT2D eigenvalue weighted by molar-refractivity contribution is 6.40. The number of halogens is 1. The number of anilines is 1. The molecule has 0 radical (unpaired) electrons. The predicted octanol–water partition coefficient (Wildman–Crippen LogP) is 2.14. The Kier molecular flexibility index (Phi) is 6.36. The Balaban J connectivity index is 1.75. The van der Waals surface area contributed by atoms with Crippen LogP contribution in [0.2, 0.25) is 11.3 Å². The van der Waals surface area contributed by atoms with Crippen LogP contribution in [0.5, 0.6) is 0 Å². The summed E-state index contributed by atoms with van der Waals surface area (Å²) in [6, 6.07) is 8.14. The number of nitrogens with zero attached hydrogens (tertiary/aromatic N) is 1. The van der Waals surface area contributed by atoms with Gasteiger partial charge in [-0.2, -0.15) is 0 Å².